The Bertz CT molecular complexity index is 1410. The lowest BCUT2D eigenvalue weighted by Gasteiger charge is -2.21. The van der Waals surface area contributed by atoms with E-state index in [0.29, 0.717) is 27.7 Å². The molecule has 0 spiro atoms. The van der Waals surface area contributed by atoms with E-state index >= 15 is 0 Å². The number of rotatable bonds is 5. The number of amides is 1. The number of thiophene rings is 1. The highest BCUT2D eigenvalue weighted by Crippen LogP contribution is 2.45. The highest BCUT2D eigenvalue weighted by Gasteiger charge is 2.48. The number of Topliss-reactive ketones (excluding diaryl/α,β-unsaturated/α-hetero) is 1. The van der Waals surface area contributed by atoms with Crippen molar-refractivity contribution in [3.05, 3.63) is 76.0 Å². The molecule has 1 amide bonds. The minimum atomic E-state index is -0.793. The van der Waals surface area contributed by atoms with Gasteiger partial charge in [-0.1, -0.05) is 29.5 Å². The number of carbonyl (C=O) groups is 2. The summed E-state index contributed by atoms with van der Waals surface area (Å²) in [4.78, 5) is 33.2. The first-order chi connectivity index (χ1) is 16.0. The molecule has 33 heavy (non-hydrogen) atoms. The zero-order chi connectivity index (χ0) is 23.1. The molecule has 4 aromatic rings. The molecule has 1 aliphatic heterocycles. The van der Waals surface area contributed by atoms with Crippen LogP contribution in [0.15, 0.2) is 65.6 Å². The molecule has 2 aromatic carbocycles. The topological polar surface area (TPSA) is 89.0 Å². The monoisotopic (exact) mass is 478 g/mol. The Balaban J connectivity index is 1.69. The van der Waals surface area contributed by atoms with E-state index in [2.05, 4.69) is 4.98 Å². The van der Waals surface area contributed by atoms with Crippen molar-refractivity contribution in [1.29, 1.82) is 0 Å². The zero-order valence-corrected chi connectivity index (χ0v) is 19.3. The van der Waals surface area contributed by atoms with Crippen molar-refractivity contribution in [3.8, 4) is 11.5 Å². The number of fused-ring (bicyclic) bond motifs is 1. The minimum absolute atomic E-state index is 0.0209. The van der Waals surface area contributed by atoms with Crippen LogP contribution in [0.2, 0.25) is 0 Å². The summed E-state index contributed by atoms with van der Waals surface area (Å²) in [5, 5.41) is 13.4. The SMILES string of the molecule is COc1cccc(/C(O)=C2\C(=O)C(=O)N(c3nc4ccc(OC)cc4s3)C2c2cccs2)c1. The number of benzene rings is 2. The molecule has 0 aliphatic carbocycles. The van der Waals surface area contributed by atoms with E-state index in [1.165, 1.54) is 34.7 Å². The van der Waals surface area contributed by atoms with Gasteiger partial charge in [0.2, 0.25) is 0 Å². The second kappa shape index (κ2) is 8.34. The van der Waals surface area contributed by atoms with Gasteiger partial charge < -0.3 is 14.6 Å². The van der Waals surface area contributed by atoms with Gasteiger partial charge in [0.15, 0.2) is 5.13 Å². The van der Waals surface area contributed by atoms with E-state index < -0.39 is 17.7 Å². The third-order valence-corrected chi connectivity index (χ3v) is 7.33. The molecule has 7 nitrogen and oxygen atoms in total. The maximum Gasteiger partial charge on any atom is 0.301 e. The largest absolute Gasteiger partial charge is 0.507 e. The first kappa shape index (κ1) is 21.2. The van der Waals surface area contributed by atoms with Gasteiger partial charge in [-0.2, -0.15) is 0 Å². The molecule has 3 heterocycles. The fourth-order valence-corrected chi connectivity index (χ4v) is 5.64. The molecule has 0 saturated carbocycles. The van der Waals surface area contributed by atoms with Gasteiger partial charge >= 0.3 is 5.91 Å². The average Bonchev–Trinajstić information content (AvgIpc) is 3.57. The van der Waals surface area contributed by atoms with Gasteiger partial charge in [0.1, 0.15) is 23.3 Å². The molecule has 9 heteroatoms. The zero-order valence-electron chi connectivity index (χ0n) is 17.6. The number of aliphatic hydroxyl groups is 1. The molecule has 1 aliphatic rings. The molecular formula is C24H18N2O5S2. The Labute approximate surface area is 197 Å². The second-order valence-corrected chi connectivity index (χ2v) is 9.23. The molecule has 1 fully saturated rings. The fourth-order valence-electron chi connectivity index (χ4n) is 3.79. The van der Waals surface area contributed by atoms with E-state index in [1.807, 2.05) is 23.6 Å². The summed E-state index contributed by atoms with van der Waals surface area (Å²) < 4.78 is 11.4. The first-order valence-corrected chi connectivity index (χ1v) is 11.6. The minimum Gasteiger partial charge on any atom is -0.507 e. The number of hydrogen-bond acceptors (Lipinski definition) is 8. The van der Waals surface area contributed by atoms with Crippen LogP contribution in [-0.4, -0.2) is 36.0 Å². The van der Waals surface area contributed by atoms with Crippen molar-refractivity contribution in [1.82, 2.24) is 4.98 Å². The number of methoxy groups -OCH3 is 2. The van der Waals surface area contributed by atoms with Crippen LogP contribution in [0, 0.1) is 0 Å². The standard InChI is InChI=1S/C24H18N2O5S2/c1-30-14-6-3-5-13(11-14)21(27)19-20(17-7-4-10-32-17)26(23(29)22(19)28)24-25-16-9-8-15(31-2)12-18(16)33-24/h3-12,20,27H,1-2H3/b21-19+. The number of hydrogen-bond donors (Lipinski definition) is 1. The summed E-state index contributed by atoms with van der Waals surface area (Å²) in [5.74, 6) is -0.543. The lowest BCUT2D eigenvalue weighted by molar-refractivity contribution is -0.132. The molecule has 0 radical (unpaired) electrons. The quantitative estimate of drug-likeness (QED) is 0.247. The number of thiazole rings is 1. The molecule has 1 atom stereocenters. The molecule has 5 rings (SSSR count). The summed E-state index contributed by atoms with van der Waals surface area (Å²) in [6.45, 7) is 0. The molecule has 1 unspecified atom stereocenters. The van der Waals surface area contributed by atoms with E-state index in [9.17, 15) is 14.7 Å². The van der Waals surface area contributed by atoms with Gasteiger partial charge in [0.25, 0.3) is 5.78 Å². The Kier molecular flexibility index (Phi) is 5.35. The number of carbonyl (C=O) groups excluding carboxylic acids is 2. The van der Waals surface area contributed by atoms with Crippen LogP contribution in [0.5, 0.6) is 11.5 Å². The lowest BCUT2D eigenvalue weighted by Crippen LogP contribution is -2.28. The maximum absolute atomic E-state index is 13.2. The van der Waals surface area contributed by atoms with Crippen molar-refractivity contribution in [2.24, 2.45) is 0 Å². The predicted octanol–water partition coefficient (Wildman–Crippen LogP) is 5.00. The van der Waals surface area contributed by atoms with Crippen LogP contribution in [-0.2, 0) is 9.59 Å². The van der Waals surface area contributed by atoms with Crippen LogP contribution in [0.25, 0.3) is 16.0 Å². The number of ether oxygens (including phenoxy) is 2. The van der Waals surface area contributed by atoms with Crippen LogP contribution >= 0.6 is 22.7 Å². The van der Waals surface area contributed by atoms with Gasteiger partial charge in [-0.3, -0.25) is 14.5 Å². The Morgan fingerprint density at radius 3 is 2.55 bits per heavy atom. The third-order valence-electron chi connectivity index (χ3n) is 5.39. The van der Waals surface area contributed by atoms with Crippen LogP contribution in [0.3, 0.4) is 0 Å². The van der Waals surface area contributed by atoms with Gasteiger partial charge in [0, 0.05) is 10.4 Å². The Hall–Kier alpha value is -3.69. The molecule has 1 N–H and O–H groups in total. The molecular weight excluding hydrogens is 460 g/mol. The van der Waals surface area contributed by atoms with Gasteiger partial charge in [-0.25, -0.2) is 4.98 Å². The van der Waals surface area contributed by atoms with Crippen LogP contribution < -0.4 is 14.4 Å². The lowest BCUT2D eigenvalue weighted by atomic mass is 10.00. The predicted molar refractivity (Wildman–Crippen MR) is 128 cm³/mol. The smallest absolute Gasteiger partial charge is 0.301 e. The van der Waals surface area contributed by atoms with Gasteiger partial charge in [-0.05, 0) is 41.8 Å². The summed E-state index contributed by atoms with van der Waals surface area (Å²) in [5.41, 5.74) is 1.10. The molecule has 2 aromatic heterocycles. The molecule has 166 valence electrons. The highest BCUT2D eigenvalue weighted by molar-refractivity contribution is 7.22. The summed E-state index contributed by atoms with van der Waals surface area (Å²) in [6, 6.07) is 15.1. The Morgan fingerprint density at radius 2 is 1.82 bits per heavy atom. The van der Waals surface area contributed by atoms with Crippen LogP contribution in [0.1, 0.15) is 16.5 Å². The van der Waals surface area contributed by atoms with Crippen molar-refractivity contribution < 1.29 is 24.2 Å². The normalized spacial score (nSPS) is 17.6. The molecule has 1 saturated heterocycles. The summed E-state index contributed by atoms with van der Waals surface area (Å²) >= 11 is 2.69. The van der Waals surface area contributed by atoms with Crippen molar-refractivity contribution in [2.45, 2.75) is 6.04 Å². The summed E-state index contributed by atoms with van der Waals surface area (Å²) in [7, 11) is 3.10. The number of nitrogens with zero attached hydrogens (tertiary/aromatic N) is 2. The van der Waals surface area contributed by atoms with E-state index in [-0.39, 0.29) is 11.3 Å². The number of aromatic nitrogens is 1. The highest BCUT2D eigenvalue weighted by atomic mass is 32.1. The summed E-state index contributed by atoms with van der Waals surface area (Å²) in [6.07, 6.45) is 0. The third kappa shape index (κ3) is 3.55. The Morgan fingerprint density at radius 1 is 1.03 bits per heavy atom. The van der Waals surface area contributed by atoms with Gasteiger partial charge in [-0.15, -0.1) is 11.3 Å². The maximum atomic E-state index is 13.2. The van der Waals surface area contributed by atoms with Crippen molar-refractivity contribution >= 4 is 55.5 Å². The number of anilines is 1. The van der Waals surface area contributed by atoms with E-state index in [1.54, 1.807) is 43.5 Å². The molecule has 0 bridgehead atoms. The van der Waals surface area contributed by atoms with E-state index in [0.717, 1.165) is 9.58 Å². The second-order valence-electron chi connectivity index (χ2n) is 7.25. The number of ketones is 1. The number of aliphatic hydroxyl groups excluding tert-OH is 1. The first-order valence-electron chi connectivity index (χ1n) is 9.95. The van der Waals surface area contributed by atoms with Crippen LogP contribution in [0.4, 0.5) is 5.13 Å². The van der Waals surface area contributed by atoms with Crippen molar-refractivity contribution in [3.63, 3.8) is 0 Å². The van der Waals surface area contributed by atoms with Crippen molar-refractivity contribution in [2.75, 3.05) is 19.1 Å². The van der Waals surface area contributed by atoms with Gasteiger partial charge in [0.05, 0.1) is 30.0 Å². The van der Waals surface area contributed by atoms with E-state index in [4.69, 9.17) is 9.47 Å². The average molecular weight is 479 g/mol. The fraction of sp³-hybridized carbons (Fsp3) is 0.125.